The molecule has 0 aliphatic rings. The van der Waals surface area contributed by atoms with Gasteiger partial charge in [-0.3, -0.25) is 4.79 Å². The SMILES string of the molecule is C=C(C)CCOCC(=O)c1cccc(F)c1. The fraction of sp³-hybridized carbons (Fsp3) is 0.308. The molecule has 0 aliphatic carbocycles. The van der Waals surface area contributed by atoms with E-state index in [-0.39, 0.29) is 12.4 Å². The standard InChI is InChI=1S/C13H15FO2/c1-10(2)6-7-16-9-13(15)11-4-3-5-12(14)8-11/h3-5,8H,1,6-7,9H2,2H3. The molecular formula is C13H15FO2. The van der Waals surface area contributed by atoms with Crippen molar-refractivity contribution in [1.29, 1.82) is 0 Å². The van der Waals surface area contributed by atoms with E-state index in [4.69, 9.17) is 4.74 Å². The molecule has 0 spiro atoms. The van der Waals surface area contributed by atoms with Gasteiger partial charge in [-0.25, -0.2) is 4.39 Å². The molecule has 0 unspecified atom stereocenters. The van der Waals surface area contributed by atoms with E-state index in [1.54, 1.807) is 6.07 Å². The van der Waals surface area contributed by atoms with Crippen LogP contribution in [0.1, 0.15) is 23.7 Å². The molecular weight excluding hydrogens is 207 g/mol. The largest absolute Gasteiger partial charge is 0.373 e. The number of ether oxygens (including phenoxy) is 1. The van der Waals surface area contributed by atoms with Crippen molar-refractivity contribution in [3.63, 3.8) is 0 Å². The molecule has 0 aliphatic heterocycles. The monoisotopic (exact) mass is 222 g/mol. The van der Waals surface area contributed by atoms with E-state index in [0.717, 1.165) is 12.0 Å². The maximum atomic E-state index is 12.8. The fourth-order valence-electron chi connectivity index (χ4n) is 1.16. The second kappa shape index (κ2) is 6.18. The van der Waals surface area contributed by atoms with Crippen LogP contribution in [0.3, 0.4) is 0 Å². The van der Waals surface area contributed by atoms with Crippen molar-refractivity contribution in [2.75, 3.05) is 13.2 Å². The molecule has 3 heteroatoms. The van der Waals surface area contributed by atoms with Crippen LogP contribution in [-0.4, -0.2) is 19.0 Å². The van der Waals surface area contributed by atoms with Crippen molar-refractivity contribution in [3.05, 3.63) is 47.8 Å². The van der Waals surface area contributed by atoms with Crippen molar-refractivity contribution < 1.29 is 13.9 Å². The Bertz CT molecular complexity index is 385. The average Bonchev–Trinajstić information content (AvgIpc) is 2.24. The maximum absolute atomic E-state index is 12.8. The summed E-state index contributed by atoms with van der Waals surface area (Å²) in [5.74, 6) is -0.617. The highest BCUT2D eigenvalue weighted by molar-refractivity contribution is 5.97. The molecule has 0 fully saturated rings. The topological polar surface area (TPSA) is 26.3 Å². The molecule has 0 radical (unpaired) electrons. The minimum atomic E-state index is -0.409. The molecule has 0 amide bonds. The van der Waals surface area contributed by atoms with Gasteiger partial charge < -0.3 is 4.74 Å². The van der Waals surface area contributed by atoms with Gasteiger partial charge in [-0.1, -0.05) is 17.7 Å². The van der Waals surface area contributed by atoms with E-state index in [2.05, 4.69) is 6.58 Å². The van der Waals surface area contributed by atoms with Gasteiger partial charge in [-0.15, -0.1) is 6.58 Å². The third-order valence-corrected chi connectivity index (χ3v) is 2.05. The van der Waals surface area contributed by atoms with Crippen LogP contribution in [0.5, 0.6) is 0 Å². The Labute approximate surface area is 94.7 Å². The number of hydrogen-bond acceptors (Lipinski definition) is 2. The van der Waals surface area contributed by atoms with Crippen LogP contribution in [-0.2, 0) is 4.74 Å². The molecule has 0 atom stereocenters. The minimum Gasteiger partial charge on any atom is -0.373 e. The molecule has 1 rings (SSSR count). The predicted molar refractivity (Wildman–Crippen MR) is 61.0 cm³/mol. The molecule has 0 bridgehead atoms. The first-order chi connectivity index (χ1) is 7.59. The van der Waals surface area contributed by atoms with Crippen LogP contribution in [0.2, 0.25) is 0 Å². The summed E-state index contributed by atoms with van der Waals surface area (Å²) in [5, 5.41) is 0. The Morgan fingerprint density at radius 2 is 2.25 bits per heavy atom. The van der Waals surface area contributed by atoms with E-state index < -0.39 is 5.82 Å². The number of ketones is 1. The summed E-state index contributed by atoms with van der Waals surface area (Å²) >= 11 is 0. The fourth-order valence-corrected chi connectivity index (χ4v) is 1.16. The second-order valence-corrected chi connectivity index (χ2v) is 3.69. The molecule has 16 heavy (non-hydrogen) atoms. The van der Waals surface area contributed by atoms with E-state index >= 15 is 0 Å². The highest BCUT2D eigenvalue weighted by Crippen LogP contribution is 2.05. The molecule has 0 heterocycles. The lowest BCUT2D eigenvalue weighted by Gasteiger charge is -2.03. The van der Waals surface area contributed by atoms with Gasteiger partial charge in [0.1, 0.15) is 12.4 Å². The lowest BCUT2D eigenvalue weighted by atomic mass is 10.1. The summed E-state index contributed by atoms with van der Waals surface area (Å²) in [7, 11) is 0. The predicted octanol–water partition coefficient (Wildman–Crippen LogP) is 2.99. The van der Waals surface area contributed by atoms with Crippen LogP contribution in [0.4, 0.5) is 4.39 Å². The maximum Gasteiger partial charge on any atom is 0.188 e. The molecule has 1 aromatic carbocycles. The van der Waals surface area contributed by atoms with Crippen LogP contribution >= 0.6 is 0 Å². The summed E-state index contributed by atoms with van der Waals surface area (Å²) < 4.78 is 18.0. The highest BCUT2D eigenvalue weighted by atomic mass is 19.1. The molecule has 1 aromatic rings. The zero-order chi connectivity index (χ0) is 12.0. The molecule has 0 saturated heterocycles. The molecule has 0 aromatic heterocycles. The molecule has 0 N–H and O–H groups in total. The quantitative estimate of drug-likeness (QED) is 0.420. The van der Waals surface area contributed by atoms with Gasteiger partial charge in [0.25, 0.3) is 0 Å². The van der Waals surface area contributed by atoms with E-state index in [1.807, 2.05) is 6.92 Å². The first-order valence-corrected chi connectivity index (χ1v) is 5.10. The van der Waals surface area contributed by atoms with Crippen molar-refractivity contribution in [2.45, 2.75) is 13.3 Å². The van der Waals surface area contributed by atoms with Crippen LogP contribution in [0.15, 0.2) is 36.4 Å². The summed E-state index contributed by atoms with van der Waals surface area (Å²) in [6.45, 7) is 6.08. The summed E-state index contributed by atoms with van der Waals surface area (Å²) in [5.41, 5.74) is 1.36. The highest BCUT2D eigenvalue weighted by Gasteiger charge is 2.06. The van der Waals surface area contributed by atoms with E-state index in [0.29, 0.717) is 12.2 Å². The zero-order valence-electron chi connectivity index (χ0n) is 9.33. The zero-order valence-corrected chi connectivity index (χ0v) is 9.33. The van der Waals surface area contributed by atoms with Gasteiger partial charge in [-0.05, 0) is 25.5 Å². The van der Waals surface area contributed by atoms with Crippen LogP contribution in [0.25, 0.3) is 0 Å². The minimum absolute atomic E-state index is 0.0171. The van der Waals surface area contributed by atoms with Gasteiger partial charge in [0, 0.05) is 5.56 Å². The van der Waals surface area contributed by atoms with Crippen LogP contribution < -0.4 is 0 Å². The Kier molecular flexibility index (Phi) is 4.86. The molecule has 86 valence electrons. The number of rotatable bonds is 6. The summed E-state index contributed by atoms with van der Waals surface area (Å²) in [4.78, 5) is 11.5. The van der Waals surface area contributed by atoms with E-state index in [1.165, 1.54) is 18.2 Å². The van der Waals surface area contributed by atoms with Gasteiger partial charge in [-0.2, -0.15) is 0 Å². The van der Waals surface area contributed by atoms with Gasteiger partial charge in [0.05, 0.1) is 6.61 Å². The lowest BCUT2D eigenvalue weighted by Crippen LogP contribution is -2.10. The number of hydrogen-bond donors (Lipinski definition) is 0. The number of carbonyl (C=O) groups is 1. The van der Waals surface area contributed by atoms with Gasteiger partial charge in [0.2, 0.25) is 0 Å². The van der Waals surface area contributed by atoms with Crippen LogP contribution in [0, 0.1) is 5.82 Å². The molecule has 2 nitrogen and oxygen atoms in total. The Morgan fingerprint density at radius 3 is 2.88 bits per heavy atom. The van der Waals surface area contributed by atoms with E-state index in [9.17, 15) is 9.18 Å². The van der Waals surface area contributed by atoms with Crippen molar-refractivity contribution >= 4 is 5.78 Å². The second-order valence-electron chi connectivity index (χ2n) is 3.69. The van der Waals surface area contributed by atoms with Crippen molar-refractivity contribution in [3.8, 4) is 0 Å². The normalized spacial score (nSPS) is 10.1. The van der Waals surface area contributed by atoms with Gasteiger partial charge >= 0.3 is 0 Å². The third kappa shape index (κ3) is 4.36. The Morgan fingerprint density at radius 1 is 1.50 bits per heavy atom. The first-order valence-electron chi connectivity index (χ1n) is 5.10. The Hall–Kier alpha value is -1.48. The number of Topliss-reactive ketones (excluding diaryl/α,β-unsaturated/α-hetero) is 1. The van der Waals surface area contributed by atoms with Crippen molar-refractivity contribution in [2.24, 2.45) is 0 Å². The third-order valence-electron chi connectivity index (χ3n) is 2.05. The Balaban J connectivity index is 2.38. The summed E-state index contributed by atoms with van der Waals surface area (Å²) in [6, 6.07) is 5.60. The smallest absolute Gasteiger partial charge is 0.188 e. The number of halogens is 1. The number of carbonyl (C=O) groups excluding carboxylic acids is 1. The van der Waals surface area contributed by atoms with Gasteiger partial charge in [0.15, 0.2) is 5.78 Å². The summed E-state index contributed by atoms with van der Waals surface area (Å²) in [6.07, 6.45) is 0.733. The number of benzene rings is 1. The first kappa shape index (κ1) is 12.6. The molecule has 0 saturated carbocycles. The lowest BCUT2D eigenvalue weighted by molar-refractivity contribution is 0.0765. The average molecular weight is 222 g/mol. The van der Waals surface area contributed by atoms with Crippen molar-refractivity contribution in [1.82, 2.24) is 0 Å².